The third-order valence-corrected chi connectivity index (χ3v) is 7.01. The first-order valence-electron chi connectivity index (χ1n) is 7.16. The van der Waals surface area contributed by atoms with Gasteiger partial charge in [0.25, 0.3) is 5.91 Å². The van der Waals surface area contributed by atoms with Gasteiger partial charge in [0.1, 0.15) is 4.21 Å². The fourth-order valence-corrected chi connectivity index (χ4v) is 5.11. The molecule has 1 N–H and O–H groups in total. The number of hydrogen-bond acceptors (Lipinski definition) is 7. The molecule has 0 saturated carbocycles. The molecule has 0 aromatic carbocycles. The number of piperidine rings is 1. The van der Waals surface area contributed by atoms with Gasteiger partial charge in [-0.15, -0.1) is 11.3 Å². The van der Waals surface area contributed by atoms with Gasteiger partial charge in [-0.2, -0.15) is 8.75 Å². The number of hydrogen-bond donors (Lipinski definition) is 1. The molecular weight excluding hydrogens is 356 g/mol. The Labute approximate surface area is 142 Å². The van der Waals surface area contributed by atoms with Gasteiger partial charge in [-0.25, -0.2) is 13.1 Å². The van der Waals surface area contributed by atoms with Gasteiger partial charge in [-0.05, 0) is 30.2 Å². The molecule has 3 rings (SSSR count). The molecule has 1 saturated heterocycles. The minimum absolute atomic E-state index is 0.106. The van der Waals surface area contributed by atoms with Crippen molar-refractivity contribution in [2.45, 2.75) is 17.1 Å². The van der Waals surface area contributed by atoms with E-state index in [9.17, 15) is 13.2 Å². The van der Waals surface area contributed by atoms with E-state index in [1.807, 2.05) is 0 Å². The van der Waals surface area contributed by atoms with Crippen molar-refractivity contribution in [1.29, 1.82) is 0 Å². The Morgan fingerprint density at radius 2 is 2.35 bits per heavy atom. The number of carbonyl (C=O) groups is 1. The fraction of sp³-hybridized carbons (Fsp3) is 0.462. The molecule has 1 aliphatic rings. The molecule has 7 nitrogen and oxygen atoms in total. The summed E-state index contributed by atoms with van der Waals surface area (Å²) >= 11 is 2.20. The molecule has 23 heavy (non-hydrogen) atoms. The average Bonchev–Trinajstić information content (AvgIpc) is 3.25. The quantitative estimate of drug-likeness (QED) is 0.857. The van der Waals surface area contributed by atoms with Crippen LogP contribution in [0.1, 0.15) is 23.3 Å². The Morgan fingerprint density at radius 3 is 3.04 bits per heavy atom. The van der Waals surface area contributed by atoms with E-state index in [1.54, 1.807) is 22.4 Å². The van der Waals surface area contributed by atoms with Crippen LogP contribution in [-0.2, 0) is 10.0 Å². The summed E-state index contributed by atoms with van der Waals surface area (Å²) in [7, 11) is -3.45. The van der Waals surface area contributed by atoms with Crippen molar-refractivity contribution < 1.29 is 13.2 Å². The van der Waals surface area contributed by atoms with Gasteiger partial charge in [-0.3, -0.25) is 4.79 Å². The number of nitrogens with one attached hydrogen (secondary N) is 1. The monoisotopic (exact) mass is 372 g/mol. The van der Waals surface area contributed by atoms with Crippen LogP contribution in [0.25, 0.3) is 0 Å². The Balaban J connectivity index is 1.58. The Kier molecular flexibility index (Phi) is 5.05. The summed E-state index contributed by atoms with van der Waals surface area (Å²) in [5.74, 6) is -0.0291. The van der Waals surface area contributed by atoms with Crippen LogP contribution < -0.4 is 4.72 Å². The van der Waals surface area contributed by atoms with Crippen molar-refractivity contribution in [3.63, 3.8) is 0 Å². The van der Waals surface area contributed by atoms with Crippen molar-refractivity contribution in [2.24, 2.45) is 5.92 Å². The first kappa shape index (κ1) is 16.5. The lowest BCUT2D eigenvalue weighted by Crippen LogP contribution is -2.43. The van der Waals surface area contributed by atoms with Crippen LogP contribution in [0.4, 0.5) is 0 Å². The highest BCUT2D eigenvalue weighted by Gasteiger charge is 2.27. The number of sulfonamides is 1. The molecule has 1 unspecified atom stereocenters. The number of rotatable bonds is 5. The summed E-state index contributed by atoms with van der Waals surface area (Å²) < 4.78 is 35.1. The van der Waals surface area contributed by atoms with E-state index >= 15 is 0 Å². The SMILES string of the molecule is O=C(c1cnsn1)N1CCCC(CNS(=O)(=O)c2cccs2)C1. The maximum atomic E-state index is 12.3. The molecule has 0 spiro atoms. The molecule has 124 valence electrons. The number of aromatic nitrogens is 2. The lowest BCUT2D eigenvalue weighted by atomic mass is 9.98. The molecule has 2 aromatic heterocycles. The minimum atomic E-state index is -3.45. The van der Waals surface area contributed by atoms with Gasteiger partial charge in [0, 0.05) is 19.6 Å². The minimum Gasteiger partial charge on any atom is -0.337 e. The summed E-state index contributed by atoms with van der Waals surface area (Å²) in [5.41, 5.74) is 0.356. The van der Waals surface area contributed by atoms with Crippen molar-refractivity contribution >= 4 is 39.0 Å². The van der Waals surface area contributed by atoms with Crippen molar-refractivity contribution in [3.05, 3.63) is 29.4 Å². The highest BCUT2D eigenvalue weighted by atomic mass is 32.2. The number of likely N-dealkylation sites (tertiary alicyclic amines) is 1. The number of carbonyl (C=O) groups excluding carboxylic acids is 1. The third kappa shape index (κ3) is 3.94. The molecule has 2 aromatic rings. The number of thiophene rings is 1. The topological polar surface area (TPSA) is 92.3 Å². The summed E-state index contributed by atoms with van der Waals surface area (Å²) in [4.78, 5) is 14.0. The summed E-state index contributed by atoms with van der Waals surface area (Å²) in [5, 5.41) is 1.73. The number of amides is 1. The smallest absolute Gasteiger partial charge is 0.275 e. The average molecular weight is 372 g/mol. The molecular formula is C13H16N4O3S3. The summed E-state index contributed by atoms with van der Waals surface area (Å²) in [6.07, 6.45) is 3.22. The van der Waals surface area contributed by atoms with E-state index in [4.69, 9.17) is 0 Å². The van der Waals surface area contributed by atoms with E-state index < -0.39 is 10.0 Å². The van der Waals surface area contributed by atoms with Crippen LogP contribution in [-0.4, -0.2) is 47.6 Å². The molecule has 0 radical (unpaired) electrons. The highest BCUT2D eigenvalue weighted by Crippen LogP contribution is 2.20. The van der Waals surface area contributed by atoms with Crippen LogP contribution in [0.15, 0.2) is 27.9 Å². The van der Waals surface area contributed by atoms with E-state index in [-0.39, 0.29) is 11.8 Å². The van der Waals surface area contributed by atoms with E-state index in [1.165, 1.54) is 17.5 Å². The number of nitrogens with zero attached hydrogens (tertiary/aromatic N) is 3. The summed E-state index contributed by atoms with van der Waals surface area (Å²) in [6.45, 7) is 1.53. The van der Waals surface area contributed by atoms with Crippen LogP contribution in [0.2, 0.25) is 0 Å². The largest absolute Gasteiger partial charge is 0.337 e. The van der Waals surface area contributed by atoms with Gasteiger partial charge in [0.15, 0.2) is 5.69 Å². The molecule has 10 heteroatoms. The van der Waals surface area contributed by atoms with E-state index in [2.05, 4.69) is 13.5 Å². The van der Waals surface area contributed by atoms with Crippen molar-refractivity contribution in [1.82, 2.24) is 18.4 Å². The van der Waals surface area contributed by atoms with Gasteiger partial charge in [-0.1, -0.05) is 6.07 Å². The maximum Gasteiger partial charge on any atom is 0.275 e. The second kappa shape index (κ2) is 7.04. The standard InChI is InChI=1S/C13H16N4O3S3/c18-13(11-8-14-22-16-11)17-5-1-3-10(9-17)7-15-23(19,20)12-4-2-6-21-12/h2,4,6,8,10,15H,1,3,5,7,9H2. The highest BCUT2D eigenvalue weighted by molar-refractivity contribution is 7.91. The van der Waals surface area contributed by atoms with Gasteiger partial charge >= 0.3 is 0 Å². The van der Waals surface area contributed by atoms with Gasteiger partial charge < -0.3 is 4.90 Å². The van der Waals surface area contributed by atoms with Crippen LogP contribution in [0.5, 0.6) is 0 Å². The zero-order valence-electron chi connectivity index (χ0n) is 12.2. The van der Waals surface area contributed by atoms with Gasteiger partial charge in [0.2, 0.25) is 10.0 Å². The lowest BCUT2D eigenvalue weighted by molar-refractivity contribution is 0.0671. The lowest BCUT2D eigenvalue weighted by Gasteiger charge is -2.32. The summed E-state index contributed by atoms with van der Waals surface area (Å²) in [6, 6.07) is 3.29. The molecule has 0 aliphatic carbocycles. The molecule has 0 bridgehead atoms. The second-order valence-electron chi connectivity index (χ2n) is 5.34. The fourth-order valence-electron chi connectivity index (χ4n) is 2.55. The molecule has 1 aliphatic heterocycles. The van der Waals surface area contributed by atoms with E-state index in [0.717, 1.165) is 24.6 Å². The van der Waals surface area contributed by atoms with E-state index in [0.29, 0.717) is 29.5 Å². The normalized spacial score (nSPS) is 19.0. The molecule has 3 heterocycles. The predicted octanol–water partition coefficient (Wildman–Crippen LogP) is 1.43. The van der Waals surface area contributed by atoms with Crippen LogP contribution >= 0.6 is 23.1 Å². The first-order chi connectivity index (χ1) is 11.1. The second-order valence-corrected chi connectivity index (χ2v) is 8.83. The Bertz CT molecular complexity index is 744. The first-order valence-corrected chi connectivity index (χ1v) is 10.3. The Morgan fingerprint density at radius 1 is 1.48 bits per heavy atom. The predicted molar refractivity (Wildman–Crippen MR) is 88.0 cm³/mol. The maximum absolute atomic E-state index is 12.3. The molecule has 1 fully saturated rings. The van der Waals surface area contributed by atoms with Gasteiger partial charge in [0.05, 0.1) is 17.9 Å². The zero-order chi connectivity index (χ0) is 16.3. The molecule has 1 amide bonds. The van der Waals surface area contributed by atoms with Crippen LogP contribution in [0, 0.1) is 5.92 Å². The van der Waals surface area contributed by atoms with Crippen molar-refractivity contribution in [3.8, 4) is 0 Å². The van der Waals surface area contributed by atoms with Crippen LogP contribution in [0.3, 0.4) is 0 Å². The third-order valence-electron chi connectivity index (χ3n) is 3.71. The van der Waals surface area contributed by atoms with Crippen molar-refractivity contribution in [2.75, 3.05) is 19.6 Å². The Hall–Kier alpha value is -1.36. The zero-order valence-corrected chi connectivity index (χ0v) is 14.7. The molecule has 1 atom stereocenters.